The van der Waals surface area contributed by atoms with Crippen molar-refractivity contribution >= 4 is 92.2 Å². The lowest BCUT2D eigenvalue weighted by atomic mass is 10.00. The number of carbonyl (C=O) groups excluding carboxylic acids is 4. The zero-order valence-electron chi connectivity index (χ0n) is 79.5. The molecule has 47 heteroatoms. The molecule has 20 rings (SSSR count). The molecule has 8 heterocycles. The third-order valence-corrected chi connectivity index (χ3v) is 36.5. The summed E-state index contributed by atoms with van der Waals surface area (Å²) >= 11 is 6.45. The predicted octanol–water partition coefficient (Wildman–Crippen LogP) is 16.9. The van der Waals surface area contributed by atoms with Crippen LogP contribution in [-0.2, 0) is 72.5 Å². The Labute approximate surface area is 843 Å². The third kappa shape index (κ3) is 24.2. The number of likely N-dealkylation sites (tertiary alicyclic amines) is 4. The van der Waals surface area contributed by atoms with E-state index in [-0.39, 0.29) is 98.5 Å². The number of thiazole rings is 4. The number of rotatable bonds is 30. The van der Waals surface area contributed by atoms with Gasteiger partial charge in [0, 0.05) is 218 Å². The number of nitrogens with one attached hydrogen (secondary N) is 4. The number of aromatic nitrogens is 4. The average Bonchev–Trinajstić information content (AvgIpc) is 1.52. The highest BCUT2D eigenvalue weighted by atomic mass is 32.1. The maximum Gasteiger partial charge on any atom is 0.419 e. The Hall–Kier alpha value is -9.08. The number of alkyl halides is 12. The normalized spacial score (nSPS) is 27.2. The van der Waals surface area contributed by atoms with Crippen molar-refractivity contribution in [3.05, 3.63) is 183 Å². The first-order valence-electron chi connectivity index (χ1n) is 49.3. The van der Waals surface area contributed by atoms with Crippen LogP contribution in [0.3, 0.4) is 0 Å². The molecule has 8 aliphatic carbocycles. The number of fused-ring (bicyclic) bond motifs is 4. The van der Waals surface area contributed by atoms with E-state index >= 15 is 0 Å². The molecule has 790 valence electrons. The van der Waals surface area contributed by atoms with E-state index < -0.39 is 100 Å². The largest absolute Gasteiger partial charge is 0.419 e. The molecule has 4 aromatic carbocycles. The molecule has 145 heavy (non-hydrogen) atoms. The summed E-state index contributed by atoms with van der Waals surface area (Å²) in [7, 11) is 0. The van der Waals surface area contributed by atoms with Crippen LogP contribution in [0, 0.1) is 46.9 Å². The molecular formula is C98H120F16N20O7S4. The lowest BCUT2D eigenvalue weighted by molar-refractivity contribution is -0.140. The van der Waals surface area contributed by atoms with Gasteiger partial charge in [-0.1, -0.05) is 0 Å². The van der Waals surface area contributed by atoms with Gasteiger partial charge >= 0.3 is 48.8 Å². The molecule has 8 aromatic rings. The van der Waals surface area contributed by atoms with Crippen LogP contribution in [0.4, 0.5) is 112 Å². The maximum absolute atomic E-state index is 13.8. The van der Waals surface area contributed by atoms with Crippen molar-refractivity contribution in [3.63, 3.8) is 0 Å². The Morgan fingerprint density at radius 3 is 0.952 bits per heavy atom. The number of nitrogens with two attached hydrogens (primary N) is 4. The number of carbonyl (C=O) groups is 4. The first kappa shape index (κ1) is 107. The number of anilines is 4. The van der Waals surface area contributed by atoms with Crippen LogP contribution >= 0.6 is 45.3 Å². The molecule has 27 nitrogen and oxygen atoms in total. The van der Waals surface area contributed by atoms with Gasteiger partial charge in [0.1, 0.15) is 43.3 Å². The molecule has 4 aliphatic heterocycles. The first-order valence-corrected chi connectivity index (χ1v) is 52.6. The number of hydrogen-bond donors (Lipinski definition) is 11. The molecule has 0 spiro atoms. The van der Waals surface area contributed by atoms with Crippen LogP contribution in [0.1, 0.15) is 184 Å². The second-order valence-corrected chi connectivity index (χ2v) is 44.9. The van der Waals surface area contributed by atoms with Crippen LogP contribution in [-0.4, -0.2) is 246 Å². The summed E-state index contributed by atoms with van der Waals surface area (Å²) < 4.78 is 213. The molecule has 0 radical (unpaired) electrons. The molecule has 4 aromatic heterocycles. The van der Waals surface area contributed by atoms with E-state index in [1.54, 1.807) is 64.9 Å². The van der Waals surface area contributed by atoms with Crippen LogP contribution < -0.4 is 44.2 Å². The minimum atomic E-state index is -4.86. The van der Waals surface area contributed by atoms with E-state index in [0.29, 0.717) is 147 Å². The molecule has 12 fully saturated rings. The number of β-amino-alcohol motifs (C(OH)–C–C–N with tert-alkyl or cyclic N) is 3. The molecule has 15 N–H and O–H groups in total. The lowest BCUT2D eigenvalue weighted by Crippen LogP contribution is -2.47. The number of halogens is 16. The highest BCUT2D eigenvalue weighted by Gasteiger charge is 2.68. The fourth-order valence-corrected chi connectivity index (χ4v) is 28.1. The number of benzene rings is 4. The number of aliphatic hydroxyl groups is 3. The van der Waals surface area contributed by atoms with Crippen molar-refractivity contribution in [2.45, 2.75) is 237 Å². The van der Waals surface area contributed by atoms with Crippen molar-refractivity contribution < 1.29 is 105 Å². The van der Waals surface area contributed by atoms with Crippen molar-refractivity contribution in [2.75, 3.05) is 126 Å². The molecule has 8 amide bonds. The van der Waals surface area contributed by atoms with Crippen molar-refractivity contribution in [1.82, 2.24) is 59.1 Å². The van der Waals surface area contributed by atoms with Gasteiger partial charge in [0.2, 0.25) is 0 Å². The van der Waals surface area contributed by atoms with Crippen LogP contribution in [0.25, 0.3) is 0 Å². The summed E-state index contributed by atoms with van der Waals surface area (Å²) in [6, 6.07) is 7.92. The Morgan fingerprint density at radius 2 is 0.662 bits per heavy atom. The Bertz CT molecular complexity index is 5850. The smallest absolute Gasteiger partial charge is 0.392 e. The zero-order valence-corrected chi connectivity index (χ0v) is 82.8. The van der Waals surface area contributed by atoms with Gasteiger partial charge in [0.05, 0.1) is 40.6 Å². The maximum atomic E-state index is 13.8. The molecule has 0 bridgehead atoms. The number of aliphatic hydroxyl groups excluding tert-OH is 3. The lowest BCUT2D eigenvalue weighted by Gasteiger charge is -2.32. The van der Waals surface area contributed by atoms with Gasteiger partial charge in [-0.15, -0.1) is 45.3 Å². The molecule has 15 atom stereocenters. The fourth-order valence-electron chi connectivity index (χ4n) is 23.7. The topological polar surface area (TPSA) is 359 Å². The van der Waals surface area contributed by atoms with E-state index in [1.165, 1.54) is 25.6 Å². The standard InChI is InChI=1S/2C25H31F4N5O2S.C24H29F4N5O2S.C24H29F4N5OS/c26-19-3-2-15(10-17(19)25(27,28)29)32-23(36)34(8-1-7-33-9-5-16(35)14-33)20-4-6-24(11-18(20)24)21-13-31-22(12-30)37-21;26-20-3-2-16(9-19(20)25(27,28)29)32-23(36)34(6-1-5-33-7-4-18(35)14-33)17-8-15-10-24(15,11-17)21-13-31-22(12-30)37-21;25-18-2-1-14(9-16(18)24(26,27)28)31-22(35)33(8-7-32-6-4-15(34)13-32)19-3-5-23(10-17(19)23)20-12-30-21(11-29)36-20;25-18-4-3-15(11-16(18)24(26,27)28)31-22(34)33(10-9-32-7-1-2-8-32)19-5-6-23(12-17(19)23)20-14-30-21(13-29)35-20/h2-3,10,13,16,18,20,35H,1,4-9,11-12,14,30H2,(H,32,36);2-3,9,13,15,17-18,35H,1,4-8,10-12,14,30H2,(H,32,36);1-2,9,12,15,17,19,34H,3-8,10-11,13,29H2,(H,31,35);3-4,11,14,17,19H,1-2,5-10,12-13,29H2,(H,31,34)/t16-,18?,20+,24-;15-,17-,18+,24+;15-,17+,19+,23-;17-,19-,23+/m0101/s1. The van der Waals surface area contributed by atoms with Crippen molar-refractivity contribution in [1.29, 1.82) is 0 Å². The average molecular weight is 2120 g/mol. The summed E-state index contributed by atoms with van der Waals surface area (Å²) in [6.45, 7) is 12.0. The van der Waals surface area contributed by atoms with Crippen LogP contribution in [0.2, 0.25) is 0 Å². The zero-order chi connectivity index (χ0) is 103. The van der Waals surface area contributed by atoms with Crippen LogP contribution in [0.5, 0.6) is 0 Å². The van der Waals surface area contributed by atoms with Gasteiger partial charge in [0.15, 0.2) is 0 Å². The Morgan fingerprint density at radius 1 is 0.372 bits per heavy atom. The summed E-state index contributed by atoms with van der Waals surface area (Å²) in [4.78, 5) is 91.7. The van der Waals surface area contributed by atoms with E-state index in [2.05, 4.69) is 60.8 Å². The van der Waals surface area contributed by atoms with Gasteiger partial charge in [-0.3, -0.25) is 4.90 Å². The van der Waals surface area contributed by atoms with E-state index in [9.17, 15) is 105 Å². The second kappa shape index (κ2) is 43.8. The van der Waals surface area contributed by atoms with Crippen LogP contribution in [0.15, 0.2) is 97.6 Å². The van der Waals surface area contributed by atoms with Gasteiger partial charge in [-0.2, -0.15) is 52.7 Å². The van der Waals surface area contributed by atoms with E-state index in [1.807, 2.05) is 24.8 Å². The summed E-state index contributed by atoms with van der Waals surface area (Å²) in [5, 5.41) is 43.3. The fraction of sp³-hybridized carbons (Fsp3) is 0.592. The van der Waals surface area contributed by atoms with Crippen molar-refractivity contribution in [3.8, 4) is 0 Å². The summed E-state index contributed by atoms with van der Waals surface area (Å²) in [5.41, 5.74) is 16.9. The predicted molar refractivity (Wildman–Crippen MR) is 516 cm³/mol. The second-order valence-electron chi connectivity index (χ2n) is 40.4. The van der Waals surface area contributed by atoms with E-state index in [0.717, 1.165) is 198 Å². The van der Waals surface area contributed by atoms with Crippen molar-refractivity contribution in [2.24, 2.45) is 46.6 Å². The number of hydrogen-bond acceptors (Lipinski definition) is 23. The number of amides is 8. The molecule has 1 unspecified atom stereocenters. The molecule has 4 saturated heterocycles. The third-order valence-electron chi connectivity index (χ3n) is 31.5. The Balaban J connectivity index is 0.000000132. The minimum Gasteiger partial charge on any atom is -0.392 e. The highest BCUT2D eigenvalue weighted by Crippen LogP contribution is 2.70. The first-order chi connectivity index (χ1) is 69.0. The molecule has 12 aliphatic rings. The van der Waals surface area contributed by atoms with Gasteiger partial charge in [0.25, 0.3) is 0 Å². The Kier molecular flexibility index (Phi) is 32.4. The van der Waals surface area contributed by atoms with Gasteiger partial charge < -0.3 is 93.8 Å². The van der Waals surface area contributed by atoms with Gasteiger partial charge in [-0.05, 0) is 245 Å². The van der Waals surface area contributed by atoms with E-state index in [4.69, 9.17) is 22.9 Å². The quantitative estimate of drug-likeness (QED) is 0.0186. The summed E-state index contributed by atoms with van der Waals surface area (Å²) in [5.74, 6) is -4.31. The van der Waals surface area contributed by atoms with Gasteiger partial charge in [-0.25, -0.2) is 56.7 Å². The number of nitrogens with zero attached hydrogens (tertiary/aromatic N) is 12. The summed E-state index contributed by atoms with van der Waals surface area (Å²) in [6.07, 6.45) is 3.35. The molecular weight excluding hydrogens is 2000 g/mol. The monoisotopic (exact) mass is 2120 g/mol. The minimum absolute atomic E-state index is 0.0106. The number of urea groups is 4. The molecule has 8 saturated carbocycles. The highest BCUT2D eigenvalue weighted by molar-refractivity contribution is 7.12. The SMILES string of the molecule is NCc1ncc([C@@]23C[C@H](N(CCCN4CC[C@H](O)C4)C(=O)Nc4ccc(F)c(C(F)(F)F)c4)C[C@@H]2C3)s1.NCc1ncc([C@]23CC[C@@H](N(CCCN4CC[C@H](O)C4)C(=O)Nc4ccc(F)c(C(F)(F)F)c4)C2C3)s1.NCc1ncc([C@]23CC[C@@H](N(CCN4CCCC4)C(=O)Nc4ccc(F)c(C(F)(F)F)c4)[C@H]2C3)s1.NCc1ncc([C@]23CC[C@@H](N(CCN4CC[C@H](O)C4)C(=O)Nc4ccc(F)c(C(F)(F)F)c4)[C@H]2C3)s1.